The number of nitrogen functional groups attached to an aromatic ring is 1. The molecule has 0 atom stereocenters. The fourth-order valence-electron chi connectivity index (χ4n) is 3.21. The Morgan fingerprint density at radius 2 is 1.88 bits per heavy atom. The van der Waals surface area contributed by atoms with E-state index < -0.39 is 17.4 Å². The van der Waals surface area contributed by atoms with E-state index in [1.54, 1.807) is 19.2 Å². The number of pyridine rings is 1. The van der Waals surface area contributed by atoms with E-state index in [9.17, 15) is 19.2 Å². The summed E-state index contributed by atoms with van der Waals surface area (Å²) in [6.45, 7) is 0.310. The van der Waals surface area contributed by atoms with Crippen LogP contribution >= 0.6 is 0 Å². The molecule has 0 fully saturated rings. The minimum atomic E-state index is -0.651. The molecular weight excluding hydrogens is 326 g/mol. The Hall–Kier alpha value is -3.62. The Morgan fingerprint density at radius 1 is 1.12 bits per heavy atom. The van der Waals surface area contributed by atoms with E-state index in [4.69, 9.17) is 5.73 Å². The predicted octanol–water partition coefficient (Wildman–Crippen LogP) is -0.0373. The van der Waals surface area contributed by atoms with Crippen molar-refractivity contribution in [1.29, 1.82) is 0 Å². The summed E-state index contributed by atoms with van der Waals surface area (Å²) in [5.74, 6) is -1.44. The first-order valence-corrected chi connectivity index (χ1v) is 7.45. The molecule has 2 aliphatic heterocycles. The molecule has 9 heteroatoms. The van der Waals surface area contributed by atoms with Gasteiger partial charge >= 0.3 is 6.03 Å². The van der Waals surface area contributed by atoms with Crippen LogP contribution in [0.3, 0.4) is 0 Å². The summed E-state index contributed by atoms with van der Waals surface area (Å²) in [5.41, 5.74) is 7.11. The molecular formula is C16H13N5O4. The summed E-state index contributed by atoms with van der Waals surface area (Å²) in [4.78, 5) is 49.7. The van der Waals surface area contributed by atoms with E-state index >= 15 is 0 Å². The lowest BCUT2D eigenvalue weighted by Crippen LogP contribution is -2.42. The van der Waals surface area contributed by atoms with Crippen LogP contribution in [0.1, 0.15) is 26.3 Å². The number of amides is 4. The number of aromatic nitrogens is 1. The molecule has 4 amide bonds. The highest BCUT2D eigenvalue weighted by molar-refractivity contribution is 6.23. The standard InChI is InChI=1S/C16H13N5O4/c1-20-12-7(6-18-16(20)25)3-2-4-9(12)21-10(22)5-8-11(13(21)17)15(24)19-14(8)23/h2-5H,6,17H2,1H3,(H,18,25)(H,19,23,24). The Morgan fingerprint density at radius 3 is 2.64 bits per heavy atom. The number of nitrogens with zero attached hydrogens (tertiary/aromatic N) is 2. The number of rotatable bonds is 1. The van der Waals surface area contributed by atoms with E-state index in [0.717, 1.165) is 16.2 Å². The van der Waals surface area contributed by atoms with Crippen LogP contribution in [-0.2, 0) is 6.54 Å². The molecule has 0 radical (unpaired) electrons. The van der Waals surface area contributed by atoms with Gasteiger partial charge in [0.2, 0.25) is 0 Å². The Balaban J connectivity index is 2.04. The van der Waals surface area contributed by atoms with Crippen LogP contribution in [0.5, 0.6) is 0 Å². The summed E-state index contributed by atoms with van der Waals surface area (Å²) < 4.78 is 1.14. The number of carbonyl (C=O) groups excluding carboxylic acids is 3. The van der Waals surface area contributed by atoms with Crippen molar-refractivity contribution in [2.24, 2.45) is 0 Å². The van der Waals surface area contributed by atoms with Crippen molar-refractivity contribution in [3.8, 4) is 5.69 Å². The average molecular weight is 339 g/mol. The molecule has 1 aromatic carbocycles. The molecule has 0 aliphatic carbocycles. The van der Waals surface area contributed by atoms with Crippen LogP contribution in [0, 0.1) is 0 Å². The monoisotopic (exact) mass is 339 g/mol. The van der Waals surface area contributed by atoms with Gasteiger partial charge in [-0.05, 0) is 11.6 Å². The normalized spacial score (nSPS) is 15.6. The van der Waals surface area contributed by atoms with Crippen LogP contribution in [0.4, 0.5) is 16.3 Å². The zero-order valence-corrected chi connectivity index (χ0v) is 13.1. The first-order valence-electron chi connectivity index (χ1n) is 7.45. The van der Waals surface area contributed by atoms with Crippen LogP contribution in [-0.4, -0.2) is 29.5 Å². The Bertz CT molecular complexity index is 1040. The second-order valence-electron chi connectivity index (χ2n) is 5.78. The fraction of sp³-hybridized carbons (Fsp3) is 0.125. The number of para-hydroxylation sites is 1. The predicted molar refractivity (Wildman–Crippen MR) is 88.9 cm³/mol. The second kappa shape index (κ2) is 4.94. The third-order valence-electron chi connectivity index (χ3n) is 4.36. The minimum Gasteiger partial charge on any atom is -0.384 e. The smallest absolute Gasteiger partial charge is 0.321 e. The number of anilines is 2. The largest absolute Gasteiger partial charge is 0.384 e. The summed E-state index contributed by atoms with van der Waals surface area (Å²) in [7, 11) is 1.57. The maximum atomic E-state index is 12.6. The maximum Gasteiger partial charge on any atom is 0.321 e. The van der Waals surface area contributed by atoms with Crippen LogP contribution < -0.4 is 26.8 Å². The van der Waals surface area contributed by atoms with Gasteiger partial charge in [-0.15, -0.1) is 0 Å². The van der Waals surface area contributed by atoms with Gasteiger partial charge in [-0.25, -0.2) is 4.79 Å². The number of nitrogens with two attached hydrogens (primary N) is 1. The van der Waals surface area contributed by atoms with E-state index in [1.807, 2.05) is 6.07 Å². The molecule has 4 N–H and O–H groups in total. The first kappa shape index (κ1) is 14.9. The highest BCUT2D eigenvalue weighted by atomic mass is 16.2. The van der Waals surface area contributed by atoms with Gasteiger partial charge in [0.05, 0.1) is 22.5 Å². The molecule has 0 spiro atoms. The number of urea groups is 1. The third kappa shape index (κ3) is 1.95. The molecule has 0 unspecified atom stereocenters. The topological polar surface area (TPSA) is 127 Å². The Labute approximate surface area is 141 Å². The summed E-state index contributed by atoms with van der Waals surface area (Å²) in [5, 5.41) is 4.83. The number of imide groups is 1. The number of hydrogen-bond acceptors (Lipinski definition) is 5. The van der Waals surface area contributed by atoms with Crippen LogP contribution in [0.2, 0.25) is 0 Å². The lowest BCUT2D eigenvalue weighted by molar-refractivity contribution is 0.0880. The second-order valence-corrected chi connectivity index (χ2v) is 5.78. The van der Waals surface area contributed by atoms with Gasteiger partial charge in [0, 0.05) is 19.7 Å². The molecule has 1 aromatic heterocycles. The molecule has 0 saturated heterocycles. The molecule has 2 aromatic rings. The van der Waals surface area contributed by atoms with Gasteiger partial charge in [-0.3, -0.25) is 29.2 Å². The van der Waals surface area contributed by atoms with Crippen molar-refractivity contribution >= 4 is 29.4 Å². The molecule has 126 valence electrons. The van der Waals surface area contributed by atoms with E-state index in [-0.39, 0.29) is 23.0 Å². The molecule has 4 rings (SSSR count). The molecule has 2 aliphatic rings. The average Bonchev–Trinajstić information content (AvgIpc) is 2.85. The number of benzene rings is 1. The van der Waals surface area contributed by atoms with Crippen LogP contribution in [0.25, 0.3) is 5.69 Å². The van der Waals surface area contributed by atoms with Gasteiger partial charge in [-0.1, -0.05) is 12.1 Å². The van der Waals surface area contributed by atoms with Crippen LogP contribution in [0.15, 0.2) is 29.1 Å². The van der Waals surface area contributed by atoms with E-state index in [0.29, 0.717) is 17.9 Å². The number of hydrogen-bond donors (Lipinski definition) is 3. The summed E-state index contributed by atoms with van der Waals surface area (Å²) in [6.07, 6.45) is 0. The van der Waals surface area contributed by atoms with Gasteiger partial charge in [0.25, 0.3) is 17.4 Å². The zero-order valence-electron chi connectivity index (χ0n) is 13.1. The molecule has 25 heavy (non-hydrogen) atoms. The van der Waals surface area contributed by atoms with Crippen molar-refractivity contribution in [1.82, 2.24) is 15.2 Å². The highest BCUT2D eigenvalue weighted by Crippen LogP contribution is 2.32. The zero-order chi connectivity index (χ0) is 17.9. The summed E-state index contributed by atoms with van der Waals surface area (Å²) >= 11 is 0. The first-order chi connectivity index (χ1) is 11.9. The van der Waals surface area contributed by atoms with Gasteiger partial charge in [-0.2, -0.15) is 0 Å². The number of fused-ring (bicyclic) bond motifs is 2. The summed E-state index contributed by atoms with van der Waals surface area (Å²) in [6, 6.07) is 5.94. The highest BCUT2D eigenvalue weighted by Gasteiger charge is 2.33. The molecule has 0 saturated carbocycles. The van der Waals surface area contributed by atoms with E-state index in [2.05, 4.69) is 10.6 Å². The maximum absolute atomic E-state index is 12.6. The van der Waals surface area contributed by atoms with Gasteiger partial charge in [0.1, 0.15) is 5.82 Å². The molecule has 0 bridgehead atoms. The minimum absolute atomic E-state index is 0.0369. The Kier molecular flexibility index (Phi) is 2.95. The van der Waals surface area contributed by atoms with Crippen molar-refractivity contribution in [2.45, 2.75) is 6.54 Å². The van der Waals surface area contributed by atoms with E-state index in [1.165, 1.54) is 4.90 Å². The van der Waals surface area contributed by atoms with Crippen molar-refractivity contribution < 1.29 is 14.4 Å². The lowest BCUT2D eigenvalue weighted by atomic mass is 10.1. The number of carbonyl (C=O) groups is 3. The van der Waals surface area contributed by atoms with Crippen molar-refractivity contribution in [3.63, 3.8) is 0 Å². The SMILES string of the molecule is CN1C(=O)NCc2cccc(-n3c(N)c4c(cc3=O)C(=O)NC4=O)c21. The lowest BCUT2D eigenvalue weighted by Gasteiger charge is -2.29. The fourth-order valence-corrected chi connectivity index (χ4v) is 3.21. The molecule has 3 heterocycles. The third-order valence-corrected chi connectivity index (χ3v) is 4.36. The molecule has 9 nitrogen and oxygen atoms in total. The number of nitrogens with one attached hydrogen (secondary N) is 2. The van der Waals surface area contributed by atoms with Gasteiger partial charge < -0.3 is 11.1 Å². The van der Waals surface area contributed by atoms with Crippen molar-refractivity contribution in [2.75, 3.05) is 17.7 Å². The van der Waals surface area contributed by atoms with Crippen molar-refractivity contribution in [3.05, 3.63) is 51.3 Å². The van der Waals surface area contributed by atoms with Gasteiger partial charge in [0.15, 0.2) is 0 Å². The quantitative estimate of drug-likeness (QED) is 0.629.